The number of carbonyl (C=O) groups is 2. The molecule has 2 amide bonds. The van der Waals surface area contributed by atoms with Crippen molar-refractivity contribution in [2.75, 3.05) is 24.5 Å². The number of aromatic nitrogens is 6. The highest BCUT2D eigenvalue weighted by Crippen LogP contribution is 2.31. The fourth-order valence-electron chi connectivity index (χ4n) is 4.81. The molecule has 2 atom stereocenters. The average molecular weight is 535 g/mol. The molecular weight excluding hydrogens is 504 g/mol. The Morgan fingerprint density at radius 3 is 2.74 bits per heavy atom. The van der Waals surface area contributed by atoms with E-state index in [-0.39, 0.29) is 30.4 Å². The number of rotatable bonds is 6. The zero-order valence-electron chi connectivity index (χ0n) is 22.1. The van der Waals surface area contributed by atoms with Gasteiger partial charge in [0.2, 0.25) is 0 Å². The Kier molecular flexibility index (Phi) is 7.14. The Hall–Kier alpha value is -4.54. The molecule has 2 saturated heterocycles. The SMILES string of the molecule is CC(C)(C)OC(=O)N1CC(NC(=O)c2nnc(-c3cc(C#N)cnc3N3CCCC3)o2)C[C@H]1Cn1ccnn1. The summed E-state index contributed by atoms with van der Waals surface area (Å²) in [6.45, 7) is 7.72. The first kappa shape index (κ1) is 26.1. The van der Waals surface area contributed by atoms with Crippen LogP contribution in [0.15, 0.2) is 29.1 Å². The Bertz CT molecular complexity index is 1370. The maximum absolute atomic E-state index is 13.1. The first-order chi connectivity index (χ1) is 18.7. The monoisotopic (exact) mass is 534 g/mol. The van der Waals surface area contributed by atoms with Crippen LogP contribution in [0.2, 0.25) is 0 Å². The van der Waals surface area contributed by atoms with Gasteiger partial charge in [-0.1, -0.05) is 5.21 Å². The zero-order valence-corrected chi connectivity index (χ0v) is 22.1. The molecule has 0 bridgehead atoms. The van der Waals surface area contributed by atoms with Crippen LogP contribution < -0.4 is 10.2 Å². The van der Waals surface area contributed by atoms with Gasteiger partial charge >= 0.3 is 17.9 Å². The second-order valence-corrected chi connectivity index (χ2v) is 10.6. The smallest absolute Gasteiger partial charge is 0.410 e. The molecule has 5 rings (SSSR count). The van der Waals surface area contributed by atoms with Gasteiger partial charge in [0.15, 0.2) is 0 Å². The summed E-state index contributed by atoms with van der Waals surface area (Å²) >= 11 is 0. The van der Waals surface area contributed by atoms with Crippen molar-refractivity contribution in [1.82, 2.24) is 40.4 Å². The molecule has 1 unspecified atom stereocenters. The van der Waals surface area contributed by atoms with Crippen molar-refractivity contribution >= 4 is 17.8 Å². The minimum absolute atomic E-state index is 0.109. The summed E-state index contributed by atoms with van der Waals surface area (Å²) in [5, 5.41) is 28.1. The van der Waals surface area contributed by atoms with Crippen LogP contribution in [0.25, 0.3) is 11.5 Å². The fourth-order valence-corrected chi connectivity index (χ4v) is 4.81. The van der Waals surface area contributed by atoms with Gasteiger partial charge in [-0.2, -0.15) is 5.26 Å². The molecule has 0 saturated carbocycles. The van der Waals surface area contributed by atoms with Crippen LogP contribution in [0.4, 0.5) is 10.6 Å². The van der Waals surface area contributed by atoms with Crippen LogP contribution >= 0.6 is 0 Å². The lowest BCUT2D eigenvalue weighted by Gasteiger charge is -2.28. The fraction of sp³-hybridized carbons (Fsp3) is 0.520. The molecule has 0 aliphatic carbocycles. The summed E-state index contributed by atoms with van der Waals surface area (Å²) in [7, 11) is 0. The summed E-state index contributed by atoms with van der Waals surface area (Å²) in [5.41, 5.74) is 0.193. The molecule has 39 heavy (non-hydrogen) atoms. The highest BCUT2D eigenvalue weighted by atomic mass is 16.6. The van der Waals surface area contributed by atoms with Crippen molar-refractivity contribution in [3.05, 3.63) is 36.1 Å². The summed E-state index contributed by atoms with van der Waals surface area (Å²) in [6.07, 6.45) is 6.87. The van der Waals surface area contributed by atoms with Crippen molar-refractivity contribution in [2.24, 2.45) is 0 Å². The topological polar surface area (TPSA) is 168 Å². The van der Waals surface area contributed by atoms with E-state index in [1.54, 1.807) is 48.8 Å². The number of likely N-dealkylation sites (tertiary alicyclic amines) is 1. The van der Waals surface area contributed by atoms with E-state index in [4.69, 9.17) is 9.15 Å². The van der Waals surface area contributed by atoms with E-state index < -0.39 is 17.6 Å². The summed E-state index contributed by atoms with van der Waals surface area (Å²) in [6, 6.07) is 3.07. The third-order valence-corrected chi connectivity index (χ3v) is 6.50. The van der Waals surface area contributed by atoms with Crippen LogP contribution in [0.5, 0.6) is 0 Å². The molecule has 14 nitrogen and oxygen atoms in total. The first-order valence-corrected chi connectivity index (χ1v) is 12.8. The van der Waals surface area contributed by atoms with Gasteiger partial charge in [0.1, 0.15) is 17.5 Å². The normalized spacial score (nSPS) is 19.2. The number of anilines is 1. The molecule has 3 aromatic rings. The standard InChI is InChI=1S/C25H30N10O4/c1-25(2,3)39-24(37)35-14-17(11-18(35)15-34-9-6-28-32-34)29-21(36)23-31-30-22(38-23)19-10-16(12-26)13-27-20(19)33-7-4-5-8-33/h6,9-10,13,17-18H,4-5,7-8,11,14-15H2,1-3H3,(H,29,36)/t17?,18-/m0/s1. The van der Waals surface area contributed by atoms with Gasteiger partial charge in [-0.05, 0) is 46.1 Å². The number of hydrogen-bond acceptors (Lipinski definition) is 11. The maximum atomic E-state index is 13.1. The molecule has 0 aromatic carbocycles. The Labute approximate surface area is 224 Å². The molecule has 2 aliphatic heterocycles. The molecule has 1 N–H and O–H groups in total. The van der Waals surface area contributed by atoms with Crippen molar-refractivity contribution in [1.29, 1.82) is 5.26 Å². The van der Waals surface area contributed by atoms with Gasteiger partial charge < -0.3 is 24.3 Å². The maximum Gasteiger partial charge on any atom is 0.410 e. The van der Waals surface area contributed by atoms with Crippen LogP contribution in [-0.2, 0) is 11.3 Å². The average Bonchev–Trinajstić information content (AvgIpc) is 3.71. The number of ether oxygens (including phenoxy) is 1. The largest absolute Gasteiger partial charge is 0.444 e. The van der Waals surface area contributed by atoms with Crippen molar-refractivity contribution in [2.45, 2.75) is 64.3 Å². The van der Waals surface area contributed by atoms with Crippen molar-refractivity contribution < 1.29 is 18.7 Å². The molecule has 2 fully saturated rings. The third-order valence-electron chi connectivity index (χ3n) is 6.50. The lowest BCUT2D eigenvalue weighted by Crippen LogP contribution is -2.43. The van der Waals surface area contributed by atoms with E-state index in [0.717, 1.165) is 25.9 Å². The minimum atomic E-state index is -0.665. The Balaban J connectivity index is 1.31. The van der Waals surface area contributed by atoms with Gasteiger partial charge in [0, 0.05) is 38.1 Å². The van der Waals surface area contributed by atoms with E-state index in [2.05, 4.69) is 41.8 Å². The molecule has 3 aromatic heterocycles. The number of pyridine rings is 1. The first-order valence-electron chi connectivity index (χ1n) is 12.8. The molecule has 14 heteroatoms. The van der Waals surface area contributed by atoms with Crippen LogP contribution in [0.3, 0.4) is 0 Å². The Morgan fingerprint density at radius 1 is 1.26 bits per heavy atom. The van der Waals surface area contributed by atoms with Crippen LogP contribution in [0.1, 0.15) is 56.3 Å². The van der Waals surface area contributed by atoms with E-state index >= 15 is 0 Å². The molecule has 0 radical (unpaired) electrons. The van der Waals surface area contributed by atoms with Crippen molar-refractivity contribution in [3.63, 3.8) is 0 Å². The molecule has 204 valence electrons. The van der Waals surface area contributed by atoms with E-state index in [0.29, 0.717) is 29.9 Å². The highest BCUT2D eigenvalue weighted by Gasteiger charge is 2.39. The quantitative estimate of drug-likeness (QED) is 0.491. The van der Waals surface area contributed by atoms with Gasteiger partial charge in [-0.3, -0.25) is 9.48 Å². The molecule has 5 heterocycles. The summed E-state index contributed by atoms with van der Waals surface area (Å²) in [4.78, 5) is 34.2. The highest BCUT2D eigenvalue weighted by molar-refractivity contribution is 5.90. The van der Waals surface area contributed by atoms with Crippen LogP contribution in [-0.4, -0.2) is 84.4 Å². The third kappa shape index (κ3) is 5.97. The van der Waals surface area contributed by atoms with Gasteiger partial charge in [0.25, 0.3) is 5.89 Å². The number of carbonyl (C=O) groups excluding carboxylic acids is 2. The van der Waals surface area contributed by atoms with Gasteiger partial charge in [-0.15, -0.1) is 15.3 Å². The number of amides is 2. The van der Waals surface area contributed by atoms with E-state index in [1.807, 2.05) is 0 Å². The predicted molar refractivity (Wildman–Crippen MR) is 136 cm³/mol. The number of nitriles is 1. The summed E-state index contributed by atoms with van der Waals surface area (Å²) < 4.78 is 13.0. The van der Waals surface area contributed by atoms with E-state index in [9.17, 15) is 14.9 Å². The minimum Gasteiger partial charge on any atom is -0.444 e. The van der Waals surface area contributed by atoms with E-state index in [1.165, 1.54) is 6.20 Å². The lowest BCUT2D eigenvalue weighted by atomic mass is 10.1. The number of hydrogen-bond donors (Lipinski definition) is 1. The van der Waals surface area contributed by atoms with Crippen molar-refractivity contribution in [3.8, 4) is 17.5 Å². The second kappa shape index (κ2) is 10.7. The molecule has 2 aliphatic rings. The summed E-state index contributed by atoms with van der Waals surface area (Å²) in [5.74, 6) is -0.0286. The van der Waals surface area contributed by atoms with Gasteiger partial charge in [0.05, 0.1) is 29.9 Å². The molecular formula is C25H30N10O4. The second-order valence-electron chi connectivity index (χ2n) is 10.6. The number of nitrogens with one attached hydrogen (secondary N) is 1. The Morgan fingerprint density at radius 2 is 2.05 bits per heavy atom. The molecule has 0 spiro atoms. The lowest BCUT2D eigenvalue weighted by molar-refractivity contribution is 0.0207. The predicted octanol–water partition coefficient (Wildman–Crippen LogP) is 2.00. The number of nitrogens with zero attached hydrogens (tertiary/aromatic N) is 9. The van der Waals surface area contributed by atoms with Gasteiger partial charge in [-0.25, -0.2) is 9.78 Å². The zero-order chi connectivity index (χ0) is 27.6. The van der Waals surface area contributed by atoms with Crippen LogP contribution in [0, 0.1) is 11.3 Å².